The number of hydrogen-bond acceptors (Lipinski definition) is 1. The second-order valence-electron chi connectivity index (χ2n) is 12.4. The van der Waals surface area contributed by atoms with Crippen molar-refractivity contribution in [1.82, 2.24) is 0 Å². The Morgan fingerprint density at radius 1 is 0.298 bits per heavy atom. The van der Waals surface area contributed by atoms with Crippen LogP contribution in [0.15, 0.2) is 174 Å². The molecule has 218 valence electrons. The summed E-state index contributed by atoms with van der Waals surface area (Å²) in [7, 11) is 0. The zero-order valence-electron chi connectivity index (χ0n) is 25.6. The van der Waals surface area contributed by atoms with E-state index in [9.17, 15) is 0 Å². The number of rotatable bonds is 3. The minimum atomic E-state index is 0.918. The Kier molecular flexibility index (Phi) is 5.64. The van der Waals surface area contributed by atoms with Gasteiger partial charge in [0, 0.05) is 21.9 Å². The zero-order chi connectivity index (χ0) is 30.9. The molecule has 0 aliphatic rings. The van der Waals surface area contributed by atoms with E-state index in [1.54, 1.807) is 0 Å². The topological polar surface area (TPSA) is 13.1 Å². The number of para-hydroxylation sites is 1. The fourth-order valence-electron chi connectivity index (χ4n) is 7.86. The first-order valence-electron chi connectivity index (χ1n) is 16.2. The fourth-order valence-corrected chi connectivity index (χ4v) is 7.86. The Morgan fingerprint density at radius 3 is 1.49 bits per heavy atom. The van der Waals surface area contributed by atoms with E-state index < -0.39 is 0 Å². The first-order valence-corrected chi connectivity index (χ1v) is 16.2. The summed E-state index contributed by atoms with van der Waals surface area (Å²) in [6, 6.07) is 61.4. The molecule has 1 heteroatoms. The third-order valence-corrected chi connectivity index (χ3v) is 9.87. The van der Waals surface area contributed by atoms with Crippen LogP contribution in [-0.4, -0.2) is 0 Å². The molecule has 10 aromatic rings. The van der Waals surface area contributed by atoms with Gasteiger partial charge in [-0.1, -0.05) is 164 Å². The number of hydrogen-bond donors (Lipinski definition) is 0. The van der Waals surface area contributed by atoms with Gasteiger partial charge < -0.3 is 4.42 Å². The molecule has 0 unspecified atom stereocenters. The maximum absolute atomic E-state index is 6.77. The summed E-state index contributed by atoms with van der Waals surface area (Å²) < 4.78 is 6.77. The molecule has 10 rings (SSSR count). The molecule has 1 heterocycles. The van der Waals surface area contributed by atoms with Crippen LogP contribution in [0.1, 0.15) is 0 Å². The maximum Gasteiger partial charge on any atom is 0.143 e. The molecule has 0 bridgehead atoms. The monoisotopic (exact) mass is 596 g/mol. The average molecular weight is 597 g/mol. The molecule has 1 nitrogen and oxygen atoms in total. The lowest BCUT2D eigenvalue weighted by atomic mass is 9.83. The summed E-state index contributed by atoms with van der Waals surface area (Å²) in [5, 5.41) is 12.2. The third-order valence-electron chi connectivity index (χ3n) is 9.87. The van der Waals surface area contributed by atoms with Gasteiger partial charge in [0.2, 0.25) is 0 Å². The summed E-state index contributed by atoms with van der Waals surface area (Å²) in [6.07, 6.45) is 0. The van der Waals surface area contributed by atoms with Crippen molar-refractivity contribution in [3.63, 3.8) is 0 Å². The summed E-state index contributed by atoms with van der Waals surface area (Å²) in [4.78, 5) is 0. The predicted octanol–water partition coefficient (Wildman–Crippen LogP) is 13.2. The van der Waals surface area contributed by atoms with Crippen LogP contribution in [0.3, 0.4) is 0 Å². The van der Waals surface area contributed by atoms with Crippen molar-refractivity contribution < 1.29 is 4.42 Å². The van der Waals surface area contributed by atoms with Crippen LogP contribution in [0, 0.1) is 0 Å². The van der Waals surface area contributed by atoms with Gasteiger partial charge in [0.1, 0.15) is 11.2 Å². The van der Waals surface area contributed by atoms with Crippen LogP contribution in [0.2, 0.25) is 0 Å². The van der Waals surface area contributed by atoms with Crippen molar-refractivity contribution in [1.29, 1.82) is 0 Å². The Balaban J connectivity index is 1.31. The lowest BCUT2D eigenvalue weighted by Crippen LogP contribution is -1.92. The Morgan fingerprint density at radius 2 is 0.809 bits per heavy atom. The first-order chi connectivity index (χ1) is 23.3. The molecule has 0 amide bonds. The second-order valence-corrected chi connectivity index (χ2v) is 12.4. The summed E-state index contributed by atoms with van der Waals surface area (Å²) in [6.45, 7) is 0. The van der Waals surface area contributed by atoms with Crippen LogP contribution in [0.4, 0.5) is 0 Å². The smallest absolute Gasteiger partial charge is 0.143 e. The molecule has 0 N–H and O–H groups in total. The molecule has 0 aliphatic carbocycles. The van der Waals surface area contributed by atoms with Crippen molar-refractivity contribution in [3.8, 4) is 33.4 Å². The lowest BCUT2D eigenvalue weighted by Gasteiger charge is -2.19. The van der Waals surface area contributed by atoms with Crippen LogP contribution in [0.5, 0.6) is 0 Å². The van der Waals surface area contributed by atoms with Crippen molar-refractivity contribution >= 4 is 65.0 Å². The van der Waals surface area contributed by atoms with Gasteiger partial charge in [-0.25, -0.2) is 0 Å². The van der Waals surface area contributed by atoms with Gasteiger partial charge in [-0.2, -0.15) is 0 Å². The van der Waals surface area contributed by atoms with E-state index in [0.717, 1.165) is 22.1 Å². The van der Waals surface area contributed by atoms with E-state index in [4.69, 9.17) is 4.42 Å². The normalized spacial score (nSPS) is 11.8. The molecule has 0 saturated heterocycles. The van der Waals surface area contributed by atoms with Gasteiger partial charge in [0.15, 0.2) is 0 Å². The average Bonchev–Trinajstić information content (AvgIpc) is 3.54. The van der Waals surface area contributed by atoms with Gasteiger partial charge in [0.25, 0.3) is 0 Å². The van der Waals surface area contributed by atoms with E-state index in [1.165, 1.54) is 76.3 Å². The number of benzene rings is 9. The molecule has 0 fully saturated rings. The van der Waals surface area contributed by atoms with Crippen molar-refractivity contribution in [2.45, 2.75) is 0 Å². The molecular weight excluding hydrogens is 569 g/mol. The highest BCUT2D eigenvalue weighted by Crippen LogP contribution is 2.48. The number of fused-ring (bicyclic) bond motifs is 8. The molecule has 0 radical (unpaired) electrons. The summed E-state index contributed by atoms with van der Waals surface area (Å²) in [5.74, 6) is 0. The quantitative estimate of drug-likeness (QED) is 0.185. The fraction of sp³-hybridized carbons (Fsp3) is 0. The van der Waals surface area contributed by atoms with Crippen molar-refractivity contribution in [3.05, 3.63) is 170 Å². The molecule has 1 aromatic heterocycles. The van der Waals surface area contributed by atoms with Crippen LogP contribution < -0.4 is 0 Å². The van der Waals surface area contributed by atoms with E-state index in [2.05, 4.69) is 170 Å². The lowest BCUT2D eigenvalue weighted by molar-refractivity contribution is 0.670. The highest BCUT2D eigenvalue weighted by molar-refractivity contribution is 6.27. The van der Waals surface area contributed by atoms with Gasteiger partial charge in [-0.3, -0.25) is 0 Å². The number of furan rings is 1. The minimum Gasteiger partial charge on any atom is -0.455 e. The van der Waals surface area contributed by atoms with Crippen LogP contribution >= 0.6 is 0 Å². The van der Waals surface area contributed by atoms with E-state index in [0.29, 0.717) is 0 Å². The van der Waals surface area contributed by atoms with Gasteiger partial charge in [-0.15, -0.1) is 0 Å². The zero-order valence-corrected chi connectivity index (χ0v) is 25.6. The van der Waals surface area contributed by atoms with E-state index >= 15 is 0 Å². The summed E-state index contributed by atoms with van der Waals surface area (Å²) >= 11 is 0. The molecule has 47 heavy (non-hydrogen) atoms. The van der Waals surface area contributed by atoms with Crippen molar-refractivity contribution in [2.24, 2.45) is 0 Å². The third kappa shape index (κ3) is 3.84. The second kappa shape index (κ2) is 10.2. The standard InChI is InChI=1S/C46H28O/c1-2-13-29(14-3-1)31-26-27-39(34-18-7-6-17-33(31)34)43-35-19-8-10-21-37(35)44(38-22-11-9-20-36(38)43)40-23-12-24-41-45-32-16-5-4-15-30(32)25-28-42(45)47-46(40)41/h1-28H. The maximum atomic E-state index is 6.77. The van der Waals surface area contributed by atoms with Crippen LogP contribution in [-0.2, 0) is 0 Å². The molecular formula is C46H28O. The largest absolute Gasteiger partial charge is 0.455 e. The highest BCUT2D eigenvalue weighted by atomic mass is 16.3. The molecule has 0 aliphatic heterocycles. The van der Waals surface area contributed by atoms with Gasteiger partial charge >= 0.3 is 0 Å². The Labute approximate surface area is 271 Å². The molecule has 9 aromatic carbocycles. The van der Waals surface area contributed by atoms with Crippen LogP contribution in [0.25, 0.3) is 98.4 Å². The first kappa shape index (κ1) is 26.1. The Bertz CT molecular complexity index is 2780. The predicted molar refractivity (Wildman–Crippen MR) is 200 cm³/mol. The van der Waals surface area contributed by atoms with E-state index in [1.807, 2.05) is 0 Å². The van der Waals surface area contributed by atoms with Crippen molar-refractivity contribution in [2.75, 3.05) is 0 Å². The SMILES string of the molecule is c1ccc(-c2ccc(-c3c4ccccc4c(-c4cccc5c4oc4ccc6ccccc6c45)c4ccccc34)c3ccccc23)cc1. The van der Waals surface area contributed by atoms with Gasteiger partial charge in [-0.05, 0) is 71.4 Å². The van der Waals surface area contributed by atoms with E-state index in [-0.39, 0.29) is 0 Å². The highest BCUT2D eigenvalue weighted by Gasteiger charge is 2.22. The molecule has 0 spiro atoms. The molecule has 0 atom stereocenters. The Hall–Kier alpha value is -6.18. The molecule has 0 saturated carbocycles. The minimum absolute atomic E-state index is 0.918. The van der Waals surface area contributed by atoms with Gasteiger partial charge in [0.05, 0.1) is 0 Å². The summed E-state index contributed by atoms with van der Waals surface area (Å²) in [5.41, 5.74) is 9.16.